The average molecular weight is 544 g/mol. The van der Waals surface area contributed by atoms with Gasteiger partial charge in [0.05, 0.1) is 40.0 Å². The minimum atomic E-state index is -4.04. The molecule has 12 heteroatoms. The van der Waals surface area contributed by atoms with E-state index < -0.39 is 10.0 Å². The van der Waals surface area contributed by atoms with E-state index in [9.17, 15) is 8.42 Å². The molecule has 4 aromatic rings. The number of nitrogens with zero attached hydrogens (tertiary/aromatic N) is 5. The lowest BCUT2D eigenvalue weighted by Gasteiger charge is -2.27. The Hall–Kier alpha value is -3.18. The largest absolute Gasteiger partial charge is 0.381 e. The highest BCUT2D eigenvalue weighted by Gasteiger charge is 2.22. The van der Waals surface area contributed by atoms with Crippen molar-refractivity contribution in [2.24, 2.45) is 0 Å². The van der Waals surface area contributed by atoms with E-state index in [0.717, 1.165) is 25.1 Å². The van der Waals surface area contributed by atoms with E-state index >= 15 is 0 Å². The smallest absolute Gasteiger partial charge is 0.265 e. The highest BCUT2D eigenvalue weighted by atomic mass is 35.5. The summed E-state index contributed by atoms with van der Waals surface area (Å²) in [7, 11) is -1.94. The van der Waals surface area contributed by atoms with Crippen molar-refractivity contribution in [3.05, 3.63) is 75.7 Å². The summed E-state index contributed by atoms with van der Waals surface area (Å²) < 4.78 is 29.6. The van der Waals surface area contributed by atoms with E-state index in [-0.39, 0.29) is 32.3 Å². The first-order chi connectivity index (χ1) is 17.1. The number of hydrogen-bond donors (Lipinski definition) is 2. The summed E-state index contributed by atoms with van der Waals surface area (Å²) in [6, 6.07) is 8.91. The third kappa shape index (κ3) is 4.64. The van der Waals surface area contributed by atoms with Crippen LogP contribution in [0.5, 0.6) is 0 Å². The van der Waals surface area contributed by atoms with Crippen molar-refractivity contribution in [3.8, 4) is 17.1 Å². The van der Waals surface area contributed by atoms with Crippen molar-refractivity contribution in [2.45, 2.75) is 24.8 Å². The minimum absolute atomic E-state index is 0.0864. The Morgan fingerprint density at radius 3 is 2.64 bits per heavy atom. The number of aromatic nitrogens is 4. The molecule has 186 valence electrons. The third-order valence-corrected chi connectivity index (χ3v) is 8.05. The van der Waals surface area contributed by atoms with E-state index in [0.29, 0.717) is 5.69 Å². The molecule has 9 nitrogen and oxygen atoms in total. The van der Waals surface area contributed by atoms with Gasteiger partial charge in [0.2, 0.25) is 0 Å². The van der Waals surface area contributed by atoms with Crippen molar-refractivity contribution in [1.82, 2.24) is 24.6 Å². The SMILES string of the molecule is Cc1cc(-c2cnc(N)c(-n3cc(S(=O)(=O)Nc4c(Cl)cccc4Cl)cn3)n2)cc2c1CCN(C)C2. The minimum Gasteiger partial charge on any atom is -0.381 e. The van der Waals surface area contributed by atoms with E-state index in [2.05, 4.69) is 50.8 Å². The van der Waals surface area contributed by atoms with Gasteiger partial charge < -0.3 is 10.6 Å². The number of aryl methyl sites for hydroxylation is 1. The normalized spacial score (nSPS) is 14.0. The van der Waals surface area contributed by atoms with Gasteiger partial charge in [-0.25, -0.2) is 23.1 Å². The fourth-order valence-corrected chi connectivity index (χ4v) is 5.89. The molecule has 2 aromatic carbocycles. The van der Waals surface area contributed by atoms with Crippen LogP contribution in [0, 0.1) is 6.92 Å². The summed E-state index contributed by atoms with van der Waals surface area (Å²) in [5.74, 6) is 0.333. The lowest BCUT2D eigenvalue weighted by atomic mass is 9.92. The monoisotopic (exact) mass is 543 g/mol. The summed E-state index contributed by atoms with van der Waals surface area (Å²) in [4.78, 5) is 11.1. The Morgan fingerprint density at radius 2 is 1.89 bits per heavy atom. The van der Waals surface area contributed by atoms with Crippen LogP contribution in [-0.4, -0.2) is 46.7 Å². The first-order valence-corrected chi connectivity index (χ1v) is 13.3. The van der Waals surface area contributed by atoms with Gasteiger partial charge in [-0.05, 0) is 61.3 Å². The number of benzene rings is 2. The number of rotatable bonds is 5. The fraction of sp³-hybridized carbons (Fsp3) is 0.208. The topological polar surface area (TPSA) is 119 Å². The number of likely N-dealkylation sites (N-methyl/N-ethyl adjacent to an activating group) is 1. The van der Waals surface area contributed by atoms with Crippen molar-refractivity contribution in [3.63, 3.8) is 0 Å². The number of halogens is 2. The number of anilines is 2. The number of nitrogen functional groups attached to an aromatic ring is 1. The molecule has 0 saturated carbocycles. The second kappa shape index (κ2) is 9.36. The molecule has 3 N–H and O–H groups in total. The maximum absolute atomic E-state index is 13.0. The molecule has 0 aliphatic carbocycles. The molecule has 1 aliphatic heterocycles. The van der Waals surface area contributed by atoms with Crippen LogP contribution in [0.3, 0.4) is 0 Å². The fourth-order valence-electron chi connectivity index (χ4n) is 4.26. The number of para-hydroxylation sites is 1. The molecular weight excluding hydrogens is 521 g/mol. The van der Waals surface area contributed by atoms with Gasteiger partial charge in [-0.2, -0.15) is 5.10 Å². The first-order valence-electron chi connectivity index (χ1n) is 11.1. The molecule has 0 spiro atoms. The third-order valence-electron chi connectivity index (χ3n) is 6.11. The van der Waals surface area contributed by atoms with E-state index in [4.69, 9.17) is 28.9 Å². The van der Waals surface area contributed by atoms with E-state index in [1.54, 1.807) is 12.3 Å². The van der Waals surface area contributed by atoms with Crippen LogP contribution in [0.4, 0.5) is 11.5 Å². The van der Waals surface area contributed by atoms with Gasteiger partial charge in [0.1, 0.15) is 4.90 Å². The predicted octanol–water partition coefficient (Wildman–Crippen LogP) is 4.32. The van der Waals surface area contributed by atoms with Crippen molar-refractivity contribution >= 4 is 44.7 Å². The summed E-state index contributed by atoms with van der Waals surface area (Å²) in [6.07, 6.45) is 5.12. The number of fused-ring (bicyclic) bond motifs is 1. The maximum Gasteiger partial charge on any atom is 0.265 e. The molecule has 36 heavy (non-hydrogen) atoms. The molecule has 0 atom stereocenters. The Labute approximate surface area is 218 Å². The predicted molar refractivity (Wildman–Crippen MR) is 141 cm³/mol. The molecule has 0 amide bonds. The lowest BCUT2D eigenvalue weighted by molar-refractivity contribution is 0.312. The molecular formula is C24H23Cl2N7O2S. The number of hydrogen-bond acceptors (Lipinski definition) is 7. The molecule has 0 saturated heterocycles. The quantitative estimate of drug-likeness (QED) is 0.384. The average Bonchev–Trinajstić information content (AvgIpc) is 3.33. The van der Waals surface area contributed by atoms with Crippen LogP contribution in [0.15, 0.2) is 53.8 Å². The van der Waals surface area contributed by atoms with E-state index in [1.165, 1.54) is 45.9 Å². The van der Waals surface area contributed by atoms with Gasteiger partial charge in [0, 0.05) is 18.7 Å². The first kappa shape index (κ1) is 24.5. The van der Waals surface area contributed by atoms with Crippen LogP contribution in [0.1, 0.15) is 16.7 Å². The van der Waals surface area contributed by atoms with Crippen LogP contribution < -0.4 is 10.5 Å². The van der Waals surface area contributed by atoms with Crippen molar-refractivity contribution in [1.29, 1.82) is 0 Å². The van der Waals surface area contributed by atoms with Crippen molar-refractivity contribution in [2.75, 3.05) is 24.0 Å². The summed E-state index contributed by atoms with van der Waals surface area (Å²) >= 11 is 12.2. The number of sulfonamides is 1. The zero-order chi connectivity index (χ0) is 25.6. The number of nitrogens with one attached hydrogen (secondary N) is 1. The Kier molecular flexibility index (Phi) is 6.37. The lowest BCUT2D eigenvalue weighted by Crippen LogP contribution is -2.27. The van der Waals surface area contributed by atoms with Crippen LogP contribution in [0.2, 0.25) is 10.0 Å². The summed E-state index contributed by atoms with van der Waals surface area (Å²) in [5, 5.41) is 4.52. The Bertz CT molecular complexity index is 1570. The molecule has 0 radical (unpaired) electrons. The van der Waals surface area contributed by atoms with Gasteiger partial charge in [-0.3, -0.25) is 4.72 Å². The molecule has 1 aliphatic rings. The summed E-state index contributed by atoms with van der Waals surface area (Å²) in [5.41, 5.74) is 11.5. The summed E-state index contributed by atoms with van der Waals surface area (Å²) in [6.45, 7) is 3.99. The Balaban J connectivity index is 1.49. The highest BCUT2D eigenvalue weighted by Crippen LogP contribution is 2.32. The van der Waals surface area contributed by atoms with Gasteiger partial charge in [0.15, 0.2) is 11.6 Å². The zero-order valence-electron chi connectivity index (χ0n) is 19.5. The number of nitrogens with two attached hydrogens (primary N) is 1. The molecule has 0 bridgehead atoms. The van der Waals surface area contributed by atoms with Gasteiger partial charge in [-0.15, -0.1) is 0 Å². The molecule has 0 fully saturated rings. The molecule has 5 rings (SSSR count). The van der Waals surface area contributed by atoms with Crippen LogP contribution in [0.25, 0.3) is 17.1 Å². The second-order valence-electron chi connectivity index (χ2n) is 8.71. The molecule has 3 heterocycles. The van der Waals surface area contributed by atoms with Gasteiger partial charge >= 0.3 is 0 Å². The van der Waals surface area contributed by atoms with Gasteiger partial charge in [-0.1, -0.05) is 29.3 Å². The van der Waals surface area contributed by atoms with E-state index in [1.807, 2.05) is 0 Å². The van der Waals surface area contributed by atoms with Crippen LogP contribution >= 0.6 is 23.2 Å². The standard InChI is InChI=1S/C24H23Cl2N7O2S/c1-14-8-15(9-16-12-32(2)7-6-18(14)16)21-11-28-23(27)24(30-21)33-13-17(10-29-33)36(34,35)31-22-19(25)4-3-5-20(22)26/h3-5,8-11,13,31H,6-7,12H2,1-2H3,(H2,27,28). The maximum atomic E-state index is 13.0. The second-order valence-corrected chi connectivity index (χ2v) is 11.2. The zero-order valence-corrected chi connectivity index (χ0v) is 21.9. The highest BCUT2D eigenvalue weighted by molar-refractivity contribution is 7.92. The molecule has 0 unspecified atom stereocenters. The van der Waals surface area contributed by atoms with Crippen molar-refractivity contribution < 1.29 is 8.42 Å². The van der Waals surface area contributed by atoms with Crippen LogP contribution in [-0.2, 0) is 23.0 Å². The molecule has 2 aromatic heterocycles. The van der Waals surface area contributed by atoms with Gasteiger partial charge in [0.25, 0.3) is 10.0 Å². The Morgan fingerprint density at radius 1 is 1.14 bits per heavy atom.